The van der Waals surface area contributed by atoms with Gasteiger partial charge in [-0.2, -0.15) is 0 Å². The summed E-state index contributed by atoms with van der Waals surface area (Å²) in [5.74, 6) is 0.432. The highest BCUT2D eigenvalue weighted by atomic mass is 79.9. The molecule has 96 valence electrons. The minimum Gasteiger partial charge on any atom is -0.301 e. The van der Waals surface area contributed by atoms with Crippen LogP contribution < -0.4 is 0 Å². The van der Waals surface area contributed by atoms with E-state index in [0.717, 1.165) is 32.6 Å². The molecule has 0 unspecified atom stereocenters. The molecule has 2 aromatic heterocycles. The fourth-order valence-electron chi connectivity index (χ4n) is 2.27. The molecule has 0 fully saturated rings. The fourth-order valence-corrected chi connectivity index (χ4v) is 3.07. The Hall–Kier alpha value is -1.32. The summed E-state index contributed by atoms with van der Waals surface area (Å²) in [4.78, 5) is 4.75. The molecule has 3 aromatic rings. The van der Waals surface area contributed by atoms with E-state index in [1.807, 2.05) is 24.4 Å². The molecule has 0 aliphatic carbocycles. The van der Waals surface area contributed by atoms with Gasteiger partial charge >= 0.3 is 0 Å². The van der Waals surface area contributed by atoms with Gasteiger partial charge in [-0.3, -0.25) is 0 Å². The number of nitrogens with zero attached hydrogens (tertiary/aromatic N) is 2. The van der Waals surface area contributed by atoms with E-state index in [1.165, 1.54) is 0 Å². The van der Waals surface area contributed by atoms with Crippen molar-refractivity contribution >= 4 is 33.2 Å². The summed E-state index contributed by atoms with van der Waals surface area (Å²) in [5, 5.41) is 0. The van der Waals surface area contributed by atoms with Crippen LogP contribution in [0.5, 0.6) is 0 Å². The largest absolute Gasteiger partial charge is 0.301 e. The number of hydrogen-bond donors (Lipinski definition) is 0. The molecule has 2 nitrogen and oxygen atoms in total. The lowest BCUT2D eigenvalue weighted by Crippen LogP contribution is -1.93. The summed E-state index contributed by atoms with van der Waals surface area (Å²) in [7, 11) is 0. The van der Waals surface area contributed by atoms with Gasteiger partial charge in [0, 0.05) is 16.2 Å². The van der Waals surface area contributed by atoms with Crippen molar-refractivity contribution in [3.63, 3.8) is 0 Å². The van der Waals surface area contributed by atoms with Crippen LogP contribution in [0.1, 0.15) is 11.3 Å². The highest BCUT2D eigenvalue weighted by molar-refractivity contribution is 9.10. The van der Waals surface area contributed by atoms with Crippen molar-refractivity contribution in [1.29, 1.82) is 0 Å². The zero-order valence-corrected chi connectivity index (χ0v) is 12.7. The van der Waals surface area contributed by atoms with Gasteiger partial charge in [-0.25, -0.2) is 4.98 Å². The van der Waals surface area contributed by atoms with Gasteiger partial charge in [0.25, 0.3) is 0 Å². The molecule has 0 saturated heterocycles. The average molecular weight is 336 g/mol. The zero-order valence-electron chi connectivity index (χ0n) is 10.4. The minimum absolute atomic E-state index is 0.432. The van der Waals surface area contributed by atoms with Crippen LogP contribution in [0.25, 0.3) is 16.9 Å². The van der Waals surface area contributed by atoms with Gasteiger partial charge in [0.15, 0.2) is 0 Å². The predicted molar refractivity (Wildman–Crippen MR) is 82.6 cm³/mol. The summed E-state index contributed by atoms with van der Waals surface area (Å²) in [6.45, 7) is 2.06. The van der Waals surface area contributed by atoms with E-state index in [0.29, 0.717) is 5.88 Å². The Bertz CT molecular complexity index is 735. The van der Waals surface area contributed by atoms with Crippen molar-refractivity contribution in [1.82, 2.24) is 9.38 Å². The third kappa shape index (κ3) is 2.17. The number of hydrogen-bond acceptors (Lipinski definition) is 1. The molecule has 0 amide bonds. The second-order valence-electron chi connectivity index (χ2n) is 4.44. The first-order valence-corrected chi connectivity index (χ1v) is 7.32. The first-order valence-electron chi connectivity index (χ1n) is 5.99. The van der Waals surface area contributed by atoms with Crippen LogP contribution in [-0.4, -0.2) is 9.38 Å². The molecule has 2 heterocycles. The van der Waals surface area contributed by atoms with Gasteiger partial charge in [-0.15, -0.1) is 11.6 Å². The summed E-state index contributed by atoms with van der Waals surface area (Å²) >= 11 is 9.65. The fraction of sp³-hybridized carbons (Fsp3) is 0.133. The standard InChI is InChI=1S/C15H12BrClN2/c1-10-7-12(16)9-19-13(8-17)14(18-15(10)19)11-5-3-2-4-6-11/h2-7,9H,8H2,1H3. The third-order valence-corrected chi connectivity index (χ3v) is 3.83. The number of benzene rings is 1. The van der Waals surface area contributed by atoms with Crippen LogP contribution in [0.15, 0.2) is 47.1 Å². The van der Waals surface area contributed by atoms with Crippen LogP contribution >= 0.6 is 27.5 Å². The second kappa shape index (κ2) is 4.99. The van der Waals surface area contributed by atoms with E-state index in [9.17, 15) is 0 Å². The molecule has 0 aliphatic heterocycles. The van der Waals surface area contributed by atoms with Gasteiger partial charge in [-0.05, 0) is 34.5 Å². The van der Waals surface area contributed by atoms with E-state index < -0.39 is 0 Å². The molecule has 0 spiro atoms. The number of aromatic nitrogens is 2. The summed E-state index contributed by atoms with van der Waals surface area (Å²) < 4.78 is 3.09. The normalized spacial score (nSPS) is 11.1. The van der Waals surface area contributed by atoms with Crippen LogP contribution in [0, 0.1) is 6.92 Å². The highest BCUT2D eigenvalue weighted by Crippen LogP contribution is 2.28. The number of fused-ring (bicyclic) bond motifs is 1. The topological polar surface area (TPSA) is 17.3 Å². The monoisotopic (exact) mass is 334 g/mol. The van der Waals surface area contributed by atoms with Gasteiger partial charge in [0.05, 0.1) is 17.3 Å². The lowest BCUT2D eigenvalue weighted by molar-refractivity contribution is 1.07. The van der Waals surface area contributed by atoms with Gasteiger partial charge in [0.2, 0.25) is 0 Å². The van der Waals surface area contributed by atoms with Gasteiger partial charge in [0.1, 0.15) is 5.65 Å². The molecular weight excluding hydrogens is 324 g/mol. The Morgan fingerprint density at radius 2 is 2.00 bits per heavy atom. The maximum Gasteiger partial charge on any atom is 0.140 e. The van der Waals surface area contributed by atoms with E-state index in [2.05, 4.69) is 45.5 Å². The number of alkyl halides is 1. The molecule has 0 atom stereocenters. The van der Waals surface area contributed by atoms with E-state index in [1.54, 1.807) is 0 Å². The van der Waals surface area contributed by atoms with Gasteiger partial charge in [-0.1, -0.05) is 30.3 Å². The Kier molecular flexibility index (Phi) is 3.33. The average Bonchev–Trinajstić information content (AvgIpc) is 2.78. The Labute approximate surface area is 125 Å². The van der Waals surface area contributed by atoms with E-state index >= 15 is 0 Å². The van der Waals surface area contributed by atoms with Crippen LogP contribution in [0.4, 0.5) is 0 Å². The minimum atomic E-state index is 0.432. The van der Waals surface area contributed by atoms with Crippen molar-refractivity contribution in [3.8, 4) is 11.3 Å². The second-order valence-corrected chi connectivity index (χ2v) is 5.62. The number of rotatable bonds is 2. The third-order valence-electron chi connectivity index (χ3n) is 3.14. The molecule has 0 N–H and O–H groups in total. The Morgan fingerprint density at radius 3 is 2.68 bits per heavy atom. The molecule has 0 aliphatic rings. The van der Waals surface area contributed by atoms with Crippen LogP contribution in [0.2, 0.25) is 0 Å². The summed E-state index contributed by atoms with van der Waals surface area (Å²) in [6, 6.07) is 12.2. The maximum absolute atomic E-state index is 6.13. The highest BCUT2D eigenvalue weighted by Gasteiger charge is 2.14. The summed E-state index contributed by atoms with van der Waals surface area (Å²) in [6.07, 6.45) is 2.01. The Morgan fingerprint density at radius 1 is 1.26 bits per heavy atom. The number of pyridine rings is 1. The molecule has 0 saturated carbocycles. The maximum atomic E-state index is 6.13. The molecular formula is C15H12BrClN2. The SMILES string of the molecule is Cc1cc(Br)cn2c(CCl)c(-c3ccccc3)nc12. The Balaban J connectivity index is 2.35. The van der Waals surface area contributed by atoms with Crippen LogP contribution in [0.3, 0.4) is 0 Å². The summed E-state index contributed by atoms with van der Waals surface area (Å²) in [5.41, 5.74) is 5.15. The quantitative estimate of drug-likeness (QED) is 0.614. The first-order chi connectivity index (χ1) is 9.20. The molecule has 19 heavy (non-hydrogen) atoms. The molecule has 0 radical (unpaired) electrons. The molecule has 3 rings (SSSR count). The lowest BCUT2D eigenvalue weighted by atomic mass is 10.1. The van der Waals surface area contributed by atoms with Crippen molar-refractivity contribution in [2.75, 3.05) is 0 Å². The molecule has 0 bridgehead atoms. The predicted octanol–water partition coefficient (Wildman–Crippen LogP) is 4.81. The lowest BCUT2D eigenvalue weighted by Gasteiger charge is -2.03. The van der Waals surface area contributed by atoms with E-state index in [4.69, 9.17) is 16.6 Å². The van der Waals surface area contributed by atoms with Crippen molar-refractivity contribution in [2.45, 2.75) is 12.8 Å². The first kappa shape index (κ1) is 12.7. The van der Waals surface area contributed by atoms with E-state index in [-0.39, 0.29) is 0 Å². The molecule has 1 aromatic carbocycles. The van der Waals surface area contributed by atoms with Crippen molar-refractivity contribution in [2.24, 2.45) is 0 Å². The zero-order chi connectivity index (χ0) is 13.4. The smallest absolute Gasteiger partial charge is 0.140 e. The van der Waals surface area contributed by atoms with Crippen molar-refractivity contribution < 1.29 is 0 Å². The number of imidazole rings is 1. The molecule has 4 heteroatoms. The van der Waals surface area contributed by atoms with Crippen molar-refractivity contribution in [3.05, 3.63) is 58.3 Å². The number of halogens is 2. The number of aryl methyl sites for hydroxylation is 1. The van der Waals surface area contributed by atoms with Crippen LogP contribution in [-0.2, 0) is 5.88 Å². The van der Waals surface area contributed by atoms with Gasteiger partial charge < -0.3 is 4.40 Å².